The highest BCUT2D eigenvalue weighted by Crippen LogP contribution is 2.39. The van der Waals surface area contributed by atoms with Gasteiger partial charge in [-0.05, 0) is 42.0 Å². The summed E-state index contributed by atoms with van der Waals surface area (Å²) in [5, 5.41) is 0.576. The average Bonchev–Trinajstić information content (AvgIpc) is 2.77. The van der Waals surface area contributed by atoms with Crippen molar-refractivity contribution >= 4 is 20.7 Å². The minimum Gasteiger partial charge on any atom is -0.496 e. The molecule has 0 saturated heterocycles. The molecule has 4 aromatic rings. The highest BCUT2D eigenvalue weighted by Gasteiger charge is 2.31. The van der Waals surface area contributed by atoms with Crippen LogP contribution >= 0.6 is 0 Å². The molecule has 0 aliphatic rings. The second kappa shape index (κ2) is 8.19. The van der Waals surface area contributed by atoms with Gasteiger partial charge in [-0.25, -0.2) is 18.4 Å². The van der Waals surface area contributed by atoms with Crippen LogP contribution in [0.4, 0.5) is 13.2 Å². The first kappa shape index (κ1) is 21.7. The lowest BCUT2D eigenvalue weighted by Gasteiger charge is -2.14. The first-order chi connectivity index (χ1) is 15.2. The van der Waals surface area contributed by atoms with Crippen LogP contribution in [0, 0.1) is 0 Å². The number of aromatic nitrogens is 3. The molecule has 0 aliphatic heterocycles. The monoisotopic (exact) mass is 459 g/mol. The maximum Gasteiger partial charge on any atom is 0.416 e. The van der Waals surface area contributed by atoms with Gasteiger partial charge in [0, 0.05) is 23.3 Å². The molecule has 4 rings (SSSR count). The number of pyridine rings is 1. The number of rotatable bonds is 5. The first-order valence-electron chi connectivity index (χ1n) is 9.31. The van der Waals surface area contributed by atoms with Crippen LogP contribution in [0.5, 0.6) is 5.75 Å². The Balaban J connectivity index is 1.78. The van der Waals surface area contributed by atoms with E-state index in [1.54, 1.807) is 12.1 Å². The Morgan fingerprint density at radius 2 is 1.75 bits per heavy atom. The number of hydrogen-bond acceptors (Lipinski definition) is 6. The van der Waals surface area contributed by atoms with Gasteiger partial charge < -0.3 is 4.74 Å². The van der Waals surface area contributed by atoms with Crippen molar-refractivity contribution in [2.45, 2.75) is 16.8 Å². The Kier molecular flexibility index (Phi) is 5.55. The fourth-order valence-corrected chi connectivity index (χ4v) is 4.62. The largest absolute Gasteiger partial charge is 0.496 e. The minimum absolute atomic E-state index is 0.0489. The summed E-state index contributed by atoms with van der Waals surface area (Å²) in [4.78, 5) is 12.0. The van der Waals surface area contributed by atoms with Gasteiger partial charge in [-0.15, -0.1) is 0 Å². The van der Waals surface area contributed by atoms with Crippen LogP contribution in [0.15, 0.2) is 72.1 Å². The van der Waals surface area contributed by atoms with Gasteiger partial charge in [0.25, 0.3) is 0 Å². The number of benzene rings is 2. The van der Waals surface area contributed by atoms with E-state index in [-0.39, 0.29) is 16.4 Å². The Bertz CT molecular complexity index is 1390. The molecule has 0 radical (unpaired) electrons. The fourth-order valence-electron chi connectivity index (χ4n) is 3.33. The predicted octanol–water partition coefficient (Wildman–Crippen LogP) is 4.69. The maximum atomic E-state index is 13.1. The van der Waals surface area contributed by atoms with Crippen LogP contribution in [-0.2, 0) is 21.8 Å². The quantitative estimate of drug-likeness (QED) is 0.431. The van der Waals surface area contributed by atoms with Gasteiger partial charge >= 0.3 is 6.18 Å². The molecule has 0 fully saturated rings. The number of ether oxygens (including phenoxy) is 1. The maximum absolute atomic E-state index is 13.1. The Labute approximate surface area is 181 Å². The number of fused-ring (bicyclic) bond motifs is 1. The van der Waals surface area contributed by atoms with Crippen molar-refractivity contribution in [3.05, 3.63) is 78.5 Å². The summed E-state index contributed by atoms with van der Waals surface area (Å²) >= 11 is 0. The summed E-state index contributed by atoms with van der Waals surface area (Å²) in [5.74, 6) is -0.249. The van der Waals surface area contributed by atoms with Crippen molar-refractivity contribution in [2.24, 2.45) is 0 Å². The summed E-state index contributed by atoms with van der Waals surface area (Å²) < 4.78 is 70.1. The lowest BCUT2D eigenvalue weighted by molar-refractivity contribution is -0.137. The predicted molar refractivity (Wildman–Crippen MR) is 112 cm³/mol. The molecular formula is C22H16F3N3O3S. The van der Waals surface area contributed by atoms with E-state index in [4.69, 9.17) is 4.74 Å². The zero-order chi connectivity index (χ0) is 22.9. The number of halogens is 3. The van der Waals surface area contributed by atoms with Crippen molar-refractivity contribution in [1.82, 2.24) is 15.0 Å². The fraction of sp³-hybridized carbons (Fsp3) is 0.136. The van der Waals surface area contributed by atoms with Gasteiger partial charge in [-0.1, -0.05) is 12.1 Å². The number of sulfone groups is 1. The Morgan fingerprint density at radius 3 is 2.44 bits per heavy atom. The van der Waals surface area contributed by atoms with Crippen LogP contribution < -0.4 is 4.74 Å². The summed E-state index contributed by atoms with van der Waals surface area (Å²) in [7, 11) is -2.41. The van der Waals surface area contributed by atoms with Gasteiger partial charge in [0.15, 0.2) is 9.84 Å². The molecule has 0 amide bonds. The number of methoxy groups -OCH3 is 1. The summed E-state index contributed by atoms with van der Waals surface area (Å²) in [6.07, 6.45) is -0.297. The van der Waals surface area contributed by atoms with Gasteiger partial charge in [0.1, 0.15) is 12.1 Å². The zero-order valence-electron chi connectivity index (χ0n) is 16.7. The minimum atomic E-state index is -4.50. The second-order valence-electron chi connectivity index (χ2n) is 6.91. The molecule has 2 heterocycles. The standard InChI is InChI=1S/C22H16F3N3O3S/c1-31-21-10-14(22(23,24)25)2-4-19(21)17-7-9-27-20-11-16(3-5-18(17)20)32(29,30)12-15-6-8-26-13-28-15/h2-11,13H,12H2,1H3. The van der Waals surface area contributed by atoms with Gasteiger partial charge in [0.05, 0.1) is 34.5 Å². The third kappa shape index (κ3) is 4.26. The highest BCUT2D eigenvalue weighted by atomic mass is 32.2. The molecule has 2 aromatic heterocycles. The van der Waals surface area contributed by atoms with E-state index in [1.165, 1.54) is 50.1 Å². The molecule has 0 atom stereocenters. The van der Waals surface area contributed by atoms with Gasteiger partial charge in [0.2, 0.25) is 0 Å². The van der Waals surface area contributed by atoms with Crippen molar-refractivity contribution in [2.75, 3.05) is 7.11 Å². The average molecular weight is 459 g/mol. The summed E-state index contributed by atoms with van der Waals surface area (Å²) in [5.41, 5.74) is 0.920. The van der Waals surface area contributed by atoms with Crippen LogP contribution in [0.1, 0.15) is 11.3 Å². The van der Waals surface area contributed by atoms with E-state index in [0.29, 0.717) is 27.7 Å². The SMILES string of the molecule is COc1cc(C(F)(F)F)ccc1-c1ccnc2cc(S(=O)(=O)Cc3ccncn3)ccc12. The molecule has 164 valence electrons. The molecule has 0 aliphatic carbocycles. The third-order valence-corrected chi connectivity index (χ3v) is 6.52. The van der Waals surface area contributed by atoms with Gasteiger partial charge in [-0.3, -0.25) is 4.98 Å². The molecule has 0 N–H and O–H groups in total. The van der Waals surface area contributed by atoms with E-state index >= 15 is 0 Å². The number of nitrogens with zero attached hydrogens (tertiary/aromatic N) is 3. The highest BCUT2D eigenvalue weighted by molar-refractivity contribution is 7.90. The van der Waals surface area contributed by atoms with E-state index in [2.05, 4.69) is 15.0 Å². The lowest BCUT2D eigenvalue weighted by Crippen LogP contribution is -2.07. The van der Waals surface area contributed by atoms with E-state index in [0.717, 1.165) is 12.1 Å². The number of hydrogen-bond donors (Lipinski definition) is 0. The van der Waals surface area contributed by atoms with Crippen molar-refractivity contribution in [1.29, 1.82) is 0 Å². The lowest BCUT2D eigenvalue weighted by atomic mass is 9.99. The third-order valence-electron chi connectivity index (χ3n) is 4.87. The molecule has 32 heavy (non-hydrogen) atoms. The summed E-state index contributed by atoms with van der Waals surface area (Å²) in [6.45, 7) is 0. The molecule has 10 heteroatoms. The normalized spacial score (nSPS) is 12.1. The smallest absolute Gasteiger partial charge is 0.416 e. The van der Waals surface area contributed by atoms with E-state index in [9.17, 15) is 21.6 Å². The summed E-state index contributed by atoms with van der Waals surface area (Å²) in [6, 6.07) is 10.9. The van der Waals surface area contributed by atoms with E-state index in [1.807, 2.05) is 0 Å². The van der Waals surface area contributed by atoms with Gasteiger partial charge in [-0.2, -0.15) is 13.2 Å². The number of alkyl halides is 3. The molecule has 2 aromatic carbocycles. The zero-order valence-corrected chi connectivity index (χ0v) is 17.5. The van der Waals surface area contributed by atoms with Crippen LogP contribution in [0.3, 0.4) is 0 Å². The van der Waals surface area contributed by atoms with E-state index < -0.39 is 21.6 Å². The van der Waals surface area contributed by atoms with Crippen LogP contribution in [-0.4, -0.2) is 30.5 Å². The second-order valence-corrected chi connectivity index (χ2v) is 8.90. The molecule has 6 nitrogen and oxygen atoms in total. The Morgan fingerprint density at radius 1 is 0.938 bits per heavy atom. The molecule has 0 bridgehead atoms. The first-order valence-corrected chi connectivity index (χ1v) is 11.0. The van der Waals surface area contributed by atoms with Crippen LogP contribution in [0.2, 0.25) is 0 Å². The topological polar surface area (TPSA) is 82.0 Å². The molecule has 0 unspecified atom stereocenters. The molecule has 0 saturated carbocycles. The van der Waals surface area contributed by atoms with Crippen molar-refractivity contribution in [3.8, 4) is 16.9 Å². The van der Waals surface area contributed by atoms with Crippen LogP contribution in [0.25, 0.3) is 22.0 Å². The van der Waals surface area contributed by atoms with Crippen molar-refractivity contribution < 1.29 is 26.3 Å². The molecular weight excluding hydrogens is 443 g/mol. The molecule has 0 spiro atoms. The Hall–Kier alpha value is -3.53. The van der Waals surface area contributed by atoms with Crippen molar-refractivity contribution in [3.63, 3.8) is 0 Å².